The summed E-state index contributed by atoms with van der Waals surface area (Å²) in [6.07, 6.45) is 0. The second-order valence-electron chi connectivity index (χ2n) is 5.23. The minimum Gasteiger partial charge on any atom is -0.354 e. The molecule has 2 amide bonds. The van der Waals surface area contributed by atoms with Gasteiger partial charge in [0.25, 0.3) is 0 Å². The SMILES string of the molecule is CC(=O)N(CC(=O)NCC(C)C)c1ccc(Br)cc1C. The van der Waals surface area contributed by atoms with E-state index in [4.69, 9.17) is 0 Å². The monoisotopic (exact) mass is 340 g/mol. The lowest BCUT2D eigenvalue weighted by atomic mass is 10.1. The number of carbonyl (C=O) groups is 2. The number of rotatable bonds is 5. The molecule has 110 valence electrons. The molecule has 0 radical (unpaired) electrons. The van der Waals surface area contributed by atoms with E-state index in [1.54, 1.807) is 0 Å². The van der Waals surface area contributed by atoms with Crippen molar-refractivity contribution in [3.05, 3.63) is 28.2 Å². The van der Waals surface area contributed by atoms with Crippen LogP contribution in [-0.2, 0) is 9.59 Å². The summed E-state index contributed by atoms with van der Waals surface area (Å²) in [5, 5.41) is 2.83. The number of hydrogen-bond donors (Lipinski definition) is 1. The zero-order valence-corrected chi connectivity index (χ0v) is 14.0. The molecule has 4 nitrogen and oxygen atoms in total. The Morgan fingerprint density at radius 3 is 2.50 bits per heavy atom. The maximum atomic E-state index is 11.9. The van der Waals surface area contributed by atoms with Crippen LogP contribution in [0.5, 0.6) is 0 Å². The van der Waals surface area contributed by atoms with Gasteiger partial charge in [-0.15, -0.1) is 0 Å². The van der Waals surface area contributed by atoms with Crippen molar-refractivity contribution in [2.24, 2.45) is 5.92 Å². The van der Waals surface area contributed by atoms with Crippen LogP contribution in [0.1, 0.15) is 26.3 Å². The third kappa shape index (κ3) is 4.96. The van der Waals surface area contributed by atoms with Crippen molar-refractivity contribution in [1.82, 2.24) is 5.32 Å². The molecule has 0 fully saturated rings. The second-order valence-corrected chi connectivity index (χ2v) is 6.15. The first kappa shape index (κ1) is 16.7. The average molecular weight is 341 g/mol. The van der Waals surface area contributed by atoms with Crippen LogP contribution >= 0.6 is 15.9 Å². The molecule has 0 aliphatic heterocycles. The van der Waals surface area contributed by atoms with Gasteiger partial charge in [0.15, 0.2) is 0 Å². The van der Waals surface area contributed by atoms with Gasteiger partial charge in [0.2, 0.25) is 11.8 Å². The van der Waals surface area contributed by atoms with E-state index in [2.05, 4.69) is 21.2 Å². The number of hydrogen-bond acceptors (Lipinski definition) is 2. The summed E-state index contributed by atoms with van der Waals surface area (Å²) in [7, 11) is 0. The molecule has 1 aromatic carbocycles. The smallest absolute Gasteiger partial charge is 0.240 e. The fourth-order valence-electron chi connectivity index (χ4n) is 1.81. The average Bonchev–Trinajstić information content (AvgIpc) is 2.34. The molecule has 1 rings (SSSR count). The van der Waals surface area contributed by atoms with E-state index in [0.29, 0.717) is 12.5 Å². The Hall–Kier alpha value is -1.36. The lowest BCUT2D eigenvalue weighted by Crippen LogP contribution is -2.41. The predicted octanol–water partition coefficient (Wildman–Crippen LogP) is 2.88. The van der Waals surface area contributed by atoms with Gasteiger partial charge in [-0.25, -0.2) is 0 Å². The summed E-state index contributed by atoms with van der Waals surface area (Å²) in [6.45, 7) is 8.11. The van der Waals surface area contributed by atoms with Crippen LogP contribution in [0.4, 0.5) is 5.69 Å². The first-order valence-corrected chi connectivity index (χ1v) is 7.41. The van der Waals surface area contributed by atoms with Crippen molar-refractivity contribution in [2.45, 2.75) is 27.7 Å². The number of amides is 2. The molecule has 0 spiro atoms. The molecular formula is C15H21BrN2O2. The van der Waals surface area contributed by atoms with Crippen LogP contribution in [-0.4, -0.2) is 24.9 Å². The minimum atomic E-state index is -0.143. The molecule has 0 aliphatic carbocycles. The van der Waals surface area contributed by atoms with Gasteiger partial charge in [-0.3, -0.25) is 9.59 Å². The molecule has 1 N–H and O–H groups in total. The molecule has 0 saturated heterocycles. The van der Waals surface area contributed by atoms with E-state index < -0.39 is 0 Å². The zero-order valence-electron chi connectivity index (χ0n) is 12.4. The van der Waals surface area contributed by atoms with E-state index in [-0.39, 0.29) is 18.4 Å². The van der Waals surface area contributed by atoms with Crippen molar-refractivity contribution >= 4 is 33.4 Å². The normalized spacial score (nSPS) is 10.5. The standard InChI is InChI=1S/C15H21BrN2O2/c1-10(2)8-17-15(20)9-18(12(4)19)14-6-5-13(16)7-11(14)3/h5-7,10H,8-9H2,1-4H3,(H,17,20). The van der Waals surface area contributed by atoms with E-state index in [9.17, 15) is 9.59 Å². The molecule has 0 aromatic heterocycles. The zero-order chi connectivity index (χ0) is 15.3. The highest BCUT2D eigenvalue weighted by atomic mass is 79.9. The Morgan fingerprint density at radius 1 is 1.35 bits per heavy atom. The molecule has 5 heteroatoms. The van der Waals surface area contributed by atoms with Crippen LogP contribution < -0.4 is 10.2 Å². The highest BCUT2D eigenvalue weighted by Crippen LogP contribution is 2.23. The largest absolute Gasteiger partial charge is 0.354 e. The number of carbonyl (C=O) groups excluding carboxylic acids is 2. The van der Waals surface area contributed by atoms with Gasteiger partial charge < -0.3 is 10.2 Å². The van der Waals surface area contributed by atoms with Crippen LogP contribution in [0.3, 0.4) is 0 Å². The van der Waals surface area contributed by atoms with Crippen molar-refractivity contribution < 1.29 is 9.59 Å². The van der Waals surface area contributed by atoms with Crippen molar-refractivity contribution in [2.75, 3.05) is 18.0 Å². The van der Waals surface area contributed by atoms with Crippen LogP contribution in [0, 0.1) is 12.8 Å². The number of halogens is 1. The molecule has 0 atom stereocenters. The summed E-state index contributed by atoms with van der Waals surface area (Å²) in [5.41, 5.74) is 1.71. The summed E-state index contributed by atoms with van der Waals surface area (Å²) < 4.78 is 0.950. The molecule has 0 unspecified atom stereocenters. The van der Waals surface area contributed by atoms with E-state index in [0.717, 1.165) is 15.7 Å². The lowest BCUT2D eigenvalue weighted by Gasteiger charge is -2.23. The lowest BCUT2D eigenvalue weighted by molar-refractivity contribution is -0.123. The maximum Gasteiger partial charge on any atom is 0.240 e. The molecule has 0 saturated carbocycles. The Morgan fingerprint density at radius 2 is 2.00 bits per heavy atom. The van der Waals surface area contributed by atoms with Gasteiger partial charge in [0.05, 0.1) is 0 Å². The van der Waals surface area contributed by atoms with Crippen LogP contribution in [0.2, 0.25) is 0 Å². The Bertz CT molecular complexity index is 501. The topological polar surface area (TPSA) is 49.4 Å². The highest BCUT2D eigenvalue weighted by molar-refractivity contribution is 9.10. The van der Waals surface area contributed by atoms with Gasteiger partial charge in [0, 0.05) is 23.6 Å². The van der Waals surface area contributed by atoms with Gasteiger partial charge in [-0.05, 0) is 36.6 Å². The Labute approximate surface area is 128 Å². The minimum absolute atomic E-state index is 0.0462. The summed E-state index contributed by atoms with van der Waals surface area (Å²) >= 11 is 3.39. The van der Waals surface area contributed by atoms with E-state index in [1.165, 1.54) is 11.8 Å². The fraction of sp³-hybridized carbons (Fsp3) is 0.467. The van der Waals surface area contributed by atoms with Gasteiger partial charge >= 0.3 is 0 Å². The number of anilines is 1. The van der Waals surface area contributed by atoms with Gasteiger partial charge in [-0.2, -0.15) is 0 Å². The molecular weight excluding hydrogens is 320 g/mol. The van der Waals surface area contributed by atoms with Crippen molar-refractivity contribution in [3.63, 3.8) is 0 Å². The third-order valence-corrected chi connectivity index (χ3v) is 3.33. The number of nitrogens with zero attached hydrogens (tertiary/aromatic N) is 1. The molecule has 20 heavy (non-hydrogen) atoms. The summed E-state index contributed by atoms with van der Waals surface area (Å²) in [4.78, 5) is 25.2. The molecule has 1 aromatic rings. The highest BCUT2D eigenvalue weighted by Gasteiger charge is 2.17. The fourth-order valence-corrected chi connectivity index (χ4v) is 2.28. The first-order valence-electron chi connectivity index (χ1n) is 6.62. The Balaban J connectivity index is 2.84. The molecule has 0 aliphatic rings. The third-order valence-electron chi connectivity index (χ3n) is 2.84. The maximum absolute atomic E-state index is 11.9. The second kappa shape index (κ2) is 7.43. The summed E-state index contributed by atoms with van der Waals surface area (Å²) in [6, 6.07) is 5.64. The quantitative estimate of drug-likeness (QED) is 0.895. The Kier molecular flexibility index (Phi) is 6.20. The summed E-state index contributed by atoms with van der Waals surface area (Å²) in [5.74, 6) is 0.102. The van der Waals surface area contributed by atoms with Crippen molar-refractivity contribution in [1.29, 1.82) is 0 Å². The van der Waals surface area contributed by atoms with E-state index in [1.807, 2.05) is 39.0 Å². The molecule has 0 heterocycles. The predicted molar refractivity (Wildman–Crippen MR) is 84.8 cm³/mol. The van der Waals surface area contributed by atoms with Crippen LogP contribution in [0.15, 0.2) is 22.7 Å². The number of aryl methyl sites for hydroxylation is 1. The first-order chi connectivity index (χ1) is 9.31. The van der Waals surface area contributed by atoms with Gasteiger partial charge in [-0.1, -0.05) is 29.8 Å². The van der Waals surface area contributed by atoms with Crippen LogP contribution in [0.25, 0.3) is 0 Å². The van der Waals surface area contributed by atoms with E-state index >= 15 is 0 Å². The van der Waals surface area contributed by atoms with Gasteiger partial charge in [0.1, 0.15) is 6.54 Å². The van der Waals surface area contributed by atoms with Crippen molar-refractivity contribution in [3.8, 4) is 0 Å². The number of benzene rings is 1. The number of nitrogens with one attached hydrogen (secondary N) is 1. The molecule has 0 bridgehead atoms.